The van der Waals surface area contributed by atoms with E-state index in [1.165, 1.54) is 6.42 Å². The maximum Gasteiger partial charge on any atom is 0.237 e. The molecule has 1 aliphatic carbocycles. The molecule has 2 aliphatic rings. The van der Waals surface area contributed by atoms with Crippen LogP contribution in [0.4, 0.5) is 0 Å². The van der Waals surface area contributed by atoms with Crippen LogP contribution in [-0.4, -0.2) is 28.7 Å². The van der Waals surface area contributed by atoms with Gasteiger partial charge >= 0.3 is 0 Å². The van der Waals surface area contributed by atoms with E-state index >= 15 is 0 Å². The number of piperidine rings is 1. The van der Waals surface area contributed by atoms with E-state index in [-0.39, 0.29) is 4.28 Å². The van der Waals surface area contributed by atoms with Gasteiger partial charge in [0.15, 0.2) is 0 Å². The van der Waals surface area contributed by atoms with Crippen LogP contribution in [0.15, 0.2) is 0 Å². The Morgan fingerprint density at radius 2 is 2.62 bits per heavy atom. The van der Waals surface area contributed by atoms with Crippen LogP contribution in [0.5, 0.6) is 0 Å². The topological polar surface area (TPSA) is 29.1 Å². The zero-order valence-corrected chi connectivity index (χ0v) is 6.90. The lowest BCUT2D eigenvalue weighted by molar-refractivity contribution is -0.120. The monoisotopic (exact) mass is 125 g/mol. The Morgan fingerprint density at radius 3 is 2.75 bits per heavy atom. The molecule has 0 radical (unpaired) electrons. The summed E-state index contributed by atoms with van der Waals surface area (Å²) < 4.78 is 0.208. The third-order valence-electron chi connectivity index (χ3n) is 2.44. The van der Waals surface area contributed by atoms with E-state index in [1.807, 2.05) is 0 Å². The fourth-order valence-corrected chi connectivity index (χ4v) is 2.32. The first kappa shape index (κ1) is 4.84. The second-order valence-electron chi connectivity index (χ2n) is 3.03. The first-order valence-electron chi connectivity index (χ1n) is 3.02. The molecule has 2 unspecified atom stereocenters. The lowest BCUT2D eigenvalue weighted by Gasteiger charge is -1.97. The van der Waals surface area contributed by atoms with Crippen LogP contribution in [0.1, 0.15) is 6.42 Å². The van der Waals surface area contributed by atoms with E-state index in [0.29, 0.717) is 5.91 Å². The molecule has 1 aliphatic heterocycles. The van der Waals surface area contributed by atoms with Crippen molar-refractivity contribution >= 4 is 22.2 Å². The molecule has 0 spiro atoms. The van der Waals surface area contributed by atoms with Crippen molar-refractivity contribution in [1.82, 2.24) is 5.32 Å². The van der Waals surface area contributed by atoms with Gasteiger partial charge in [-0.1, -0.05) is 0 Å². The Labute approximate surface area is 56.1 Å². The fraction of sp³-hybridized carbons (Fsp3) is 0.800. The maximum absolute atomic E-state index is 10.9. The van der Waals surface area contributed by atoms with Crippen LogP contribution in [0.2, 0.25) is 4.28 Å². The second-order valence-corrected chi connectivity index (χ2v) is 4.81. The van der Waals surface area contributed by atoms with Crippen molar-refractivity contribution in [2.24, 2.45) is 5.92 Å². The molecule has 2 fully saturated rings. The van der Waals surface area contributed by atoms with Gasteiger partial charge in [0.25, 0.3) is 0 Å². The normalized spacial score (nSPS) is 50.5. The van der Waals surface area contributed by atoms with Crippen LogP contribution >= 0.6 is 0 Å². The molecule has 1 saturated carbocycles. The van der Waals surface area contributed by atoms with Gasteiger partial charge in [0.05, 0.1) is 0 Å². The first-order chi connectivity index (χ1) is 3.73. The van der Waals surface area contributed by atoms with Crippen LogP contribution in [0.3, 0.4) is 0 Å². The summed E-state index contributed by atoms with van der Waals surface area (Å²) in [6.07, 6.45) is 1.19. The van der Waals surface area contributed by atoms with E-state index in [1.54, 1.807) is 0 Å². The summed E-state index contributed by atoms with van der Waals surface area (Å²) in [4.78, 5) is 10.9. The first-order valence-corrected chi connectivity index (χ1v) is 4.02. The molecule has 2 rings (SSSR count). The Hall–Kier alpha value is 0.00247. The SMILES string of the molecule is O=C1NCC2C[C]12[AlH2]. The number of amides is 1. The van der Waals surface area contributed by atoms with Crippen molar-refractivity contribution in [2.75, 3.05) is 6.54 Å². The van der Waals surface area contributed by atoms with E-state index in [0.717, 1.165) is 28.8 Å². The van der Waals surface area contributed by atoms with Crippen molar-refractivity contribution < 1.29 is 4.79 Å². The predicted octanol–water partition coefficient (Wildman–Crippen LogP) is -1.07. The van der Waals surface area contributed by atoms with Gasteiger partial charge in [-0.15, -0.1) is 0 Å². The number of rotatable bonds is 0. The highest BCUT2D eigenvalue weighted by molar-refractivity contribution is 6.32. The van der Waals surface area contributed by atoms with Gasteiger partial charge in [-0.2, -0.15) is 0 Å². The number of hydrogen-bond acceptors (Lipinski definition) is 1. The van der Waals surface area contributed by atoms with Gasteiger partial charge in [-0.05, 0) is 16.6 Å². The highest BCUT2D eigenvalue weighted by Crippen LogP contribution is 2.59. The lowest BCUT2D eigenvalue weighted by atomic mass is 10.4. The Morgan fingerprint density at radius 1 is 1.88 bits per heavy atom. The molecule has 42 valence electrons. The largest absolute Gasteiger partial charge is 0.356 e. The minimum Gasteiger partial charge on any atom is -0.356 e. The van der Waals surface area contributed by atoms with Crippen molar-refractivity contribution in [3.8, 4) is 0 Å². The van der Waals surface area contributed by atoms with Crippen molar-refractivity contribution in [3.63, 3.8) is 0 Å². The summed E-state index contributed by atoms with van der Waals surface area (Å²) >= 11 is 1.06. The molecular formula is C5H8AlNO. The predicted molar refractivity (Wildman–Crippen MR) is 32.4 cm³/mol. The summed E-state index contributed by atoms with van der Waals surface area (Å²) in [5.41, 5.74) is 0. The molecule has 1 N–H and O–H groups in total. The zero-order valence-electron chi connectivity index (χ0n) is 4.90. The average Bonchev–Trinajstić information content (AvgIpc) is 2.31. The van der Waals surface area contributed by atoms with Crippen LogP contribution in [0, 0.1) is 5.92 Å². The summed E-state index contributed by atoms with van der Waals surface area (Å²) in [5.74, 6) is 1.07. The van der Waals surface area contributed by atoms with Crippen molar-refractivity contribution in [2.45, 2.75) is 10.7 Å². The van der Waals surface area contributed by atoms with Gasteiger partial charge in [-0.3, -0.25) is 4.79 Å². The van der Waals surface area contributed by atoms with E-state index in [4.69, 9.17) is 0 Å². The Kier molecular flexibility index (Phi) is 0.678. The minimum absolute atomic E-state index is 0.208. The summed E-state index contributed by atoms with van der Waals surface area (Å²) in [6, 6.07) is 0. The Bertz CT molecular complexity index is 157. The maximum atomic E-state index is 10.9. The molecule has 1 amide bonds. The third kappa shape index (κ3) is 0.375. The number of fused-ring (bicyclic) bond motifs is 1. The molecule has 0 bridgehead atoms. The second kappa shape index (κ2) is 1.12. The van der Waals surface area contributed by atoms with Crippen LogP contribution in [0.25, 0.3) is 0 Å². The minimum atomic E-state index is 0.208. The molecule has 8 heavy (non-hydrogen) atoms. The number of carbonyl (C=O) groups excluding carboxylic acids is 1. The molecular weight excluding hydrogens is 117 g/mol. The van der Waals surface area contributed by atoms with Gasteiger partial charge in [0.2, 0.25) is 22.2 Å². The molecule has 0 aromatic rings. The molecule has 2 nitrogen and oxygen atoms in total. The van der Waals surface area contributed by atoms with Gasteiger partial charge < -0.3 is 5.32 Å². The molecule has 1 saturated heterocycles. The molecule has 0 aromatic carbocycles. The quantitative estimate of drug-likeness (QED) is 0.410. The lowest BCUT2D eigenvalue weighted by Crippen LogP contribution is -2.21. The molecule has 1 heterocycles. The van der Waals surface area contributed by atoms with Crippen molar-refractivity contribution in [3.05, 3.63) is 0 Å². The molecule has 3 heteroatoms. The highest BCUT2D eigenvalue weighted by atomic mass is 27.0. The zero-order chi connectivity index (χ0) is 5.78. The fourth-order valence-electron chi connectivity index (χ4n) is 1.45. The molecule has 2 atom stereocenters. The van der Waals surface area contributed by atoms with E-state index in [2.05, 4.69) is 5.32 Å². The van der Waals surface area contributed by atoms with E-state index in [9.17, 15) is 4.79 Å². The average molecular weight is 125 g/mol. The number of nitrogens with one attached hydrogen (secondary N) is 1. The third-order valence-corrected chi connectivity index (χ3v) is 4.12. The summed E-state index contributed by atoms with van der Waals surface area (Å²) in [7, 11) is 0. The van der Waals surface area contributed by atoms with Crippen molar-refractivity contribution in [1.29, 1.82) is 0 Å². The van der Waals surface area contributed by atoms with Gasteiger partial charge in [-0.25, -0.2) is 0 Å². The number of hydrogen-bond donors (Lipinski definition) is 1. The molecule has 0 aromatic heterocycles. The van der Waals surface area contributed by atoms with Crippen LogP contribution < -0.4 is 5.32 Å². The van der Waals surface area contributed by atoms with Gasteiger partial charge in [0, 0.05) is 6.54 Å². The standard InChI is InChI=1S/C5H6NO.Al.2H/c7-5-4-1-3(4)2-6-5;;;/h3H,1-2H2,(H,6,7);;;. The number of carbonyl (C=O) groups is 1. The summed E-state index contributed by atoms with van der Waals surface area (Å²) in [5, 5.41) is 2.86. The summed E-state index contributed by atoms with van der Waals surface area (Å²) in [6.45, 7) is 0.961. The Balaban J connectivity index is 2.31. The highest BCUT2D eigenvalue weighted by Gasteiger charge is 2.58. The van der Waals surface area contributed by atoms with E-state index < -0.39 is 0 Å². The van der Waals surface area contributed by atoms with Gasteiger partial charge in [0.1, 0.15) is 0 Å². The van der Waals surface area contributed by atoms with Crippen LogP contribution in [-0.2, 0) is 4.79 Å². The smallest absolute Gasteiger partial charge is 0.237 e.